The summed E-state index contributed by atoms with van der Waals surface area (Å²) in [4.78, 5) is 0. The van der Waals surface area contributed by atoms with Gasteiger partial charge in [-0.1, -0.05) is 139 Å². The molecular weight excluding hydrogens is 634 g/mol. The maximum Gasteiger partial charge on any atom is 0.0547 e. The minimum absolute atomic E-state index is 0.0224. The van der Waals surface area contributed by atoms with E-state index in [0.29, 0.717) is 0 Å². The highest BCUT2D eigenvalue weighted by Gasteiger charge is 2.35. The van der Waals surface area contributed by atoms with Gasteiger partial charge in [-0.15, -0.1) is 0 Å². The fraction of sp³-hybridized carbons (Fsp3) is 0.0667. The summed E-state index contributed by atoms with van der Waals surface area (Å²) in [6, 6.07) is 58.0. The van der Waals surface area contributed by atoms with Gasteiger partial charge in [-0.25, -0.2) is 0 Å². The van der Waals surface area contributed by atoms with Crippen LogP contribution >= 0.6 is 15.9 Å². The van der Waals surface area contributed by atoms with Crippen LogP contribution in [0.4, 0.5) is 0 Å². The number of nitrogens with zero attached hydrogens (tertiary/aromatic N) is 1. The average molecular weight is 667 g/mol. The zero-order valence-electron chi connectivity index (χ0n) is 26.3. The maximum atomic E-state index is 3.57. The van der Waals surface area contributed by atoms with Crippen molar-refractivity contribution >= 4 is 37.7 Å². The maximum absolute atomic E-state index is 3.57. The highest BCUT2D eigenvalue weighted by atomic mass is 79.9. The zero-order valence-corrected chi connectivity index (χ0v) is 27.9. The Morgan fingerprint density at radius 2 is 1.04 bits per heavy atom. The topological polar surface area (TPSA) is 4.93 Å². The van der Waals surface area contributed by atoms with E-state index in [-0.39, 0.29) is 5.41 Å². The van der Waals surface area contributed by atoms with E-state index in [1.165, 1.54) is 83.1 Å². The minimum Gasteiger partial charge on any atom is -0.309 e. The summed E-state index contributed by atoms with van der Waals surface area (Å²) >= 11 is 3.57. The summed E-state index contributed by atoms with van der Waals surface area (Å²) in [5, 5.41) is 2.51. The van der Waals surface area contributed by atoms with Crippen LogP contribution in [0.2, 0.25) is 0 Å². The van der Waals surface area contributed by atoms with Gasteiger partial charge in [0.05, 0.1) is 11.0 Å². The van der Waals surface area contributed by atoms with E-state index in [4.69, 9.17) is 0 Å². The summed E-state index contributed by atoms with van der Waals surface area (Å²) in [6.07, 6.45) is 0. The largest absolute Gasteiger partial charge is 0.309 e. The quantitative estimate of drug-likeness (QED) is 0.176. The molecule has 1 aromatic heterocycles. The molecule has 47 heavy (non-hydrogen) atoms. The highest BCUT2D eigenvalue weighted by Crippen LogP contribution is 2.49. The van der Waals surface area contributed by atoms with E-state index < -0.39 is 0 Å². The Balaban J connectivity index is 1.26. The van der Waals surface area contributed by atoms with Gasteiger partial charge in [-0.3, -0.25) is 0 Å². The zero-order chi connectivity index (χ0) is 31.7. The molecule has 0 atom stereocenters. The van der Waals surface area contributed by atoms with Crippen LogP contribution in [0.3, 0.4) is 0 Å². The number of hydrogen-bond donors (Lipinski definition) is 0. The van der Waals surface area contributed by atoms with E-state index in [1.807, 2.05) is 0 Å². The first-order valence-corrected chi connectivity index (χ1v) is 17.0. The van der Waals surface area contributed by atoms with Crippen molar-refractivity contribution < 1.29 is 0 Å². The monoisotopic (exact) mass is 665 g/mol. The van der Waals surface area contributed by atoms with Gasteiger partial charge in [-0.2, -0.15) is 0 Å². The van der Waals surface area contributed by atoms with Crippen molar-refractivity contribution in [2.24, 2.45) is 0 Å². The molecule has 1 heterocycles. The summed E-state index contributed by atoms with van der Waals surface area (Å²) in [5.41, 5.74) is 16.3. The van der Waals surface area contributed by atoms with Crippen molar-refractivity contribution in [1.82, 2.24) is 4.57 Å². The molecule has 0 radical (unpaired) electrons. The summed E-state index contributed by atoms with van der Waals surface area (Å²) < 4.78 is 3.55. The molecule has 1 nitrogen and oxygen atoms in total. The second-order valence-electron chi connectivity index (χ2n) is 13.2. The van der Waals surface area contributed by atoms with Crippen LogP contribution in [0.25, 0.3) is 72.0 Å². The lowest BCUT2D eigenvalue weighted by atomic mass is 9.82. The van der Waals surface area contributed by atoms with Crippen LogP contribution in [0.5, 0.6) is 0 Å². The Morgan fingerprint density at radius 1 is 0.426 bits per heavy atom. The molecule has 0 aliphatic heterocycles. The lowest BCUT2D eigenvalue weighted by Crippen LogP contribution is -2.14. The first-order chi connectivity index (χ1) is 23.0. The second-order valence-corrected chi connectivity index (χ2v) is 14.1. The number of halogens is 1. The molecule has 8 aromatic rings. The van der Waals surface area contributed by atoms with Crippen molar-refractivity contribution in [2.75, 3.05) is 0 Å². The molecule has 2 heteroatoms. The van der Waals surface area contributed by atoms with Crippen molar-refractivity contribution in [1.29, 1.82) is 0 Å². The molecule has 0 N–H and O–H groups in total. The molecule has 224 valence electrons. The summed E-state index contributed by atoms with van der Waals surface area (Å²) in [5.74, 6) is 0. The summed E-state index contributed by atoms with van der Waals surface area (Å²) in [6.45, 7) is 4.69. The van der Waals surface area contributed by atoms with Crippen molar-refractivity contribution in [3.8, 4) is 50.2 Å². The Hall–Kier alpha value is -5.18. The Kier molecular flexibility index (Phi) is 6.38. The van der Waals surface area contributed by atoms with Crippen LogP contribution in [-0.4, -0.2) is 4.57 Å². The van der Waals surface area contributed by atoms with Crippen LogP contribution in [0, 0.1) is 0 Å². The minimum atomic E-state index is -0.0224. The molecule has 0 amide bonds. The fourth-order valence-electron chi connectivity index (χ4n) is 7.66. The molecule has 0 unspecified atom stereocenters. The van der Waals surface area contributed by atoms with E-state index in [2.05, 4.69) is 192 Å². The second kappa shape index (κ2) is 10.7. The van der Waals surface area contributed by atoms with Crippen LogP contribution in [0.1, 0.15) is 25.0 Å². The molecule has 0 saturated heterocycles. The third-order valence-corrected chi connectivity index (χ3v) is 10.6. The molecule has 0 saturated carbocycles. The first-order valence-electron chi connectivity index (χ1n) is 16.2. The smallest absolute Gasteiger partial charge is 0.0547 e. The Bertz CT molecular complexity index is 2480. The van der Waals surface area contributed by atoms with E-state index in [0.717, 1.165) is 4.47 Å². The molecule has 0 bridgehead atoms. The lowest BCUT2D eigenvalue weighted by molar-refractivity contribution is 0.660. The third kappa shape index (κ3) is 4.51. The number of rotatable bonds is 4. The van der Waals surface area contributed by atoms with Crippen molar-refractivity contribution in [3.63, 3.8) is 0 Å². The van der Waals surface area contributed by atoms with Crippen molar-refractivity contribution in [2.45, 2.75) is 19.3 Å². The van der Waals surface area contributed by atoms with Gasteiger partial charge in [0.1, 0.15) is 0 Å². The number of aromatic nitrogens is 1. The first kappa shape index (κ1) is 28.1. The standard InChI is InChI=1S/C45H32BrN/c1-45(2)41-14-7-6-13-37(41)39-28-36(21-23-42(39)45)47-43-24-18-33(32-12-8-11-31(25-32)30-15-19-35(46)20-16-30)26-40(43)38-22-17-34(27-44(38)47)29-9-4-3-5-10-29/h3-28H,1-2H3. The van der Waals surface area contributed by atoms with Gasteiger partial charge >= 0.3 is 0 Å². The predicted octanol–water partition coefficient (Wildman–Crippen LogP) is 12.9. The van der Waals surface area contributed by atoms with Crippen LogP contribution in [0.15, 0.2) is 162 Å². The van der Waals surface area contributed by atoms with Crippen LogP contribution < -0.4 is 0 Å². The van der Waals surface area contributed by atoms with Gasteiger partial charge in [0.2, 0.25) is 0 Å². The van der Waals surface area contributed by atoms with Gasteiger partial charge in [-0.05, 0) is 104 Å². The normalized spacial score (nSPS) is 13.2. The van der Waals surface area contributed by atoms with Gasteiger partial charge in [0, 0.05) is 26.3 Å². The third-order valence-electron chi connectivity index (χ3n) is 10.1. The molecule has 1 aliphatic carbocycles. The van der Waals surface area contributed by atoms with Gasteiger partial charge in [0.25, 0.3) is 0 Å². The number of fused-ring (bicyclic) bond motifs is 6. The Labute approximate surface area is 283 Å². The van der Waals surface area contributed by atoms with Gasteiger partial charge in [0.15, 0.2) is 0 Å². The van der Waals surface area contributed by atoms with Crippen LogP contribution in [-0.2, 0) is 5.41 Å². The lowest BCUT2D eigenvalue weighted by Gasteiger charge is -2.21. The van der Waals surface area contributed by atoms with E-state index in [1.54, 1.807) is 0 Å². The average Bonchev–Trinajstić information content (AvgIpc) is 3.56. The van der Waals surface area contributed by atoms with E-state index in [9.17, 15) is 0 Å². The van der Waals surface area contributed by atoms with Crippen molar-refractivity contribution in [3.05, 3.63) is 173 Å². The number of hydrogen-bond acceptors (Lipinski definition) is 0. The molecule has 0 fully saturated rings. The SMILES string of the molecule is CC1(C)c2ccccc2-c2cc(-n3c4ccc(-c5cccc(-c6ccc(Br)cc6)c5)cc4c4ccc(-c5ccccc5)cc43)ccc21. The molecule has 7 aromatic carbocycles. The van der Waals surface area contributed by atoms with E-state index >= 15 is 0 Å². The highest BCUT2D eigenvalue weighted by molar-refractivity contribution is 9.10. The molecular formula is C45H32BrN. The van der Waals surface area contributed by atoms with Gasteiger partial charge < -0.3 is 4.57 Å². The molecule has 9 rings (SSSR count). The summed E-state index contributed by atoms with van der Waals surface area (Å²) in [7, 11) is 0. The molecule has 0 spiro atoms. The molecule has 1 aliphatic rings. The fourth-order valence-corrected chi connectivity index (χ4v) is 7.92. The predicted molar refractivity (Wildman–Crippen MR) is 202 cm³/mol. The number of benzene rings is 7. The Morgan fingerprint density at radius 3 is 1.87 bits per heavy atom.